The van der Waals surface area contributed by atoms with E-state index in [9.17, 15) is 9.59 Å². The SMILES string of the molecule is Cc1cn([C@H]2C[C@H](Cl)[C@H](CO)O2)c(=O)[nH]c1=O. The van der Waals surface area contributed by atoms with Gasteiger partial charge in [-0.1, -0.05) is 0 Å². The van der Waals surface area contributed by atoms with E-state index in [2.05, 4.69) is 4.98 Å². The Bertz CT molecular complexity index is 524. The Balaban J connectivity index is 2.34. The molecule has 17 heavy (non-hydrogen) atoms. The lowest BCUT2D eigenvalue weighted by molar-refractivity contribution is -0.0241. The van der Waals surface area contributed by atoms with Gasteiger partial charge in [0.1, 0.15) is 6.23 Å². The largest absolute Gasteiger partial charge is 0.394 e. The van der Waals surface area contributed by atoms with Crippen LogP contribution in [0.5, 0.6) is 0 Å². The minimum Gasteiger partial charge on any atom is -0.394 e. The van der Waals surface area contributed by atoms with E-state index in [0.717, 1.165) is 0 Å². The highest BCUT2D eigenvalue weighted by Gasteiger charge is 2.34. The average Bonchev–Trinajstić information content (AvgIpc) is 2.65. The van der Waals surface area contributed by atoms with Crippen molar-refractivity contribution in [1.82, 2.24) is 9.55 Å². The number of aliphatic hydroxyl groups is 1. The number of rotatable bonds is 2. The van der Waals surface area contributed by atoms with E-state index in [-0.39, 0.29) is 12.0 Å². The molecule has 1 aromatic heterocycles. The van der Waals surface area contributed by atoms with Gasteiger partial charge in [0, 0.05) is 18.2 Å². The molecule has 0 amide bonds. The maximum Gasteiger partial charge on any atom is 0.330 e. The van der Waals surface area contributed by atoms with Crippen molar-refractivity contribution in [3.8, 4) is 0 Å². The van der Waals surface area contributed by atoms with Crippen molar-refractivity contribution in [2.24, 2.45) is 0 Å². The van der Waals surface area contributed by atoms with Crippen LogP contribution < -0.4 is 11.2 Å². The second-order valence-electron chi connectivity index (χ2n) is 4.04. The third kappa shape index (κ3) is 2.29. The molecule has 0 bridgehead atoms. The van der Waals surface area contributed by atoms with Gasteiger partial charge in [0.25, 0.3) is 5.56 Å². The fourth-order valence-electron chi connectivity index (χ4n) is 1.82. The molecule has 2 rings (SSSR count). The van der Waals surface area contributed by atoms with Gasteiger partial charge in [-0.2, -0.15) is 0 Å². The van der Waals surface area contributed by atoms with Gasteiger partial charge in [-0.3, -0.25) is 14.3 Å². The molecular formula is C10H13ClN2O4. The molecule has 0 spiro atoms. The van der Waals surface area contributed by atoms with Crippen molar-refractivity contribution >= 4 is 11.6 Å². The van der Waals surface area contributed by atoms with E-state index >= 15 is 0 Å². The van der Waals surface area contributed by atoms with Crippen LogP contribution in [-0.2, 0) is 4.74 Å². The number of nitrogens with zero attached hydrogens (tertiary/aromatic N) is 1. The molecule has 0 radical (unpaired) electrons. The van der Waals surface area contributed by atoms with E-state index in [1.807, 2.05) is 0 Å². The number of alkyl halides is 1. The quantitative estimate of drug-likeness (QED) is 0.717. The van der Waals surface area contributed by atoms with Crippen LogP contribution in [0.25, 0.3) is 0 Å². The topological polar surface area (TPSA) is 84.3 Å². The Kier molecular flexibility index (Phi) is 3.37. The smallest absolute Gasteiger partial charge is 0.330 e. The standard InChI is InChI=1S/C10H13ClN2O4/c1-5-3-13(10(16)12-9(5)15)8-2-6(11)7(4-14)17-8/h3,6-8,14H,2,4H2,1H3,(H,12,15,16)/t6-,7-,8+/m0/s1. The first-order valence-corrected chi connectivity index (χ1v) is 5.69. The van der Waals surface area contributed by atoms with Gasteiger partial charge >= 0.3 is 5.69 Å². The second kappa shape index (κ2) is 4.64. The first-order valence-electron chi connectivity index (χ1n) is 5.25. The molecule has 1 fully saturated rings. The fraction of sp³-hybridized carbons (Fsp3) is 0.600. The summed E-state index contributed by atoms with van der Waals surface area (Å²) in [5.74, 6) is 0. The van der Waals surface area contributed by atoms with Crippen molar-refractivity contribution in [1.29, 1.82) is 0 Å². The highest BCUT2D eigenvalue weighted by Crippen LogP contribution is 2.30. The average molecular weight is 261 g/mol. The highest BCUT2D eigenvalue weighted by molar-refractivity contribution is 6.21. The highest BCUT2D eigenvalue weighted by atomic mass is 35.5. The van der Waals surface area contributed by atoms with Crippen LogP contribution in [0.15, 0.2) is 15.8 Å². The van der Waals surface area contributed by atoms with Gasteiger partial charge < -0.3 is 9.84 Å². The van der Waals surface area contributed by atoms with E-state index < -0.39 is 23.6 Å². The van der Waals surface area contributed by atoms with Crippen LogP contribution in [-0.4, -0.2) is 32.7 Å². The number of hydrogen-bond donors (Lipinski definition) is 2. The fourth-order valence-corrected chi connectivity index (χ4v) is 2.12. The van der Waals surface area contributed by atoms with Gasteiger partial charge in [-0.25, -0.2) is 4.79 Å². The number of aromatic nitrogens is 2. The maximum absolute atomic E-state index is 11.6. The number of aromatic amines is 1. The molecule has 6 nitrogen and oxygen atoms in total. The molecule has 1 aromatic rings. The summed E-state index contributed by atoms with van der Waals surface area (Å²) >= 11 is 5.97. The normalized spacial score (nSPS) is 28.5. The molecule has 1 aliphatic rings. The zero-order valence-electron chi connectivity index (χ0n) is 9.22. The molecule has 1 saturated heterocycles. The van der Waals surface area contributed by atoms with Gasteiger partial charge in [0.2, 0.25) is 0 Å². The molecule has 2 heterocycles. The summed E-state index contributed by atoms with van der Waals surface area (Å²) in [4.78, 5) is 25.0. The van der Waals surface area contributed by atoms with Crippen LogP contribution in [0, 0.1) is 6.92 Å². The second-order valence-corrected chi connectivity index (χ2v) is 4.60. The van der Waals surface area contributed by atoms with Crippen LogP contribution in [0.1, 0.15) is 18.2 Å². The van der Waals surface area contributed by atoms with Crippen LogP contribution in [0.2, 0.25) is 0 Å². The van der Waals surface area contributed by atoms with Gasteiger partial charge in [-0.15, -0.1) is 11.6 Å². The number of aliphatic hydroxyl groups excluding tert-OH is 1. The van der Waals surface area contributed by atoms with Crippen molar-refractivity contribution < 1.29 is 9.84 Å². The van der Waals surface area contributed by atoms with Crippen LogP contribution >= 0.6 is 11.6 Å². The number of ether oxygens (including phenoxy) is 1. The first kappa shape index (κ1) is 12.3. The lowest BCUT2D eigenvalue weighted by atomic mass is 10.2. The van der Waals surface area contributed by atoms with E-state index in [4.69, 9.17) is 21.4 Å². The first-order chi connectivity index (χ1) is 8.02. The van der Waals surface area contributed by atoms with Crippen LogP contribution in [0.4, 0.5) is 0 Å². The zero-order chi connectivity index (χ0) is 12.6. The Morgan fingerprint density at radius 3 is 2.94 bits per heavy atom. The number of halogens is 1. The molecule has 1 aliphatic heterocycles. The van der Waals surface area contributed by atoms with Crippen molar-refractivity contribution in [2.45, 2.75) is 31.1 Å². The number of nitrogens with one attached hydrogen (secondary N) is 1. The predicted octanol–water partition coefficient (Wildman–Crippen LogP) is -0.268. The predicted molar refractivity (Wildman–Crippen MR) is 61.3 cm³/mol. The number of aryl methyl sites for hydroxylation is 1. The minimum atomic E-state index is -0.544. The third-order valence-electron chi connectivity index (χ3n) is 2.80. The lowest BCUT2D eigenvalue weighted by Gasteiger charge is -2.14. The lowest BCUT2D eigenvalue weighted by Crippen LogP contribution is -2.33. The van der Waals surface area contributed by atoms with Crippen molar-refractivity contribution in [3.05, 3.63) is 32.6 Å². The van der Waals surface area contributed by atoms with Gasteiger partial charge in [-0.05, 0) is 6.92 Å². The number of H-pyrrole nitrogens is 1. The van der Waals surface area contributed by atoms with Crippen molar-refractivity contribution in [3.63, 3.8) is 0 Å². The molecule has 0 saturated carbocycles. The molecule has 7 heteroatoms. The Morgan fingerprint density at radius 1 is 1.65 bits per heavy atom. The molecule has 0 aromatic carbocycles. The van der Waals surface area contributed by atoms with Crippen LogP contribution in [0.3, 0.4) is 0 Å². The van der Waals surface area contributed by atoms with E-state index in [1.54, 1.807) is 6.92 Å². The maximum atomic E-state index is 11.6. The molecule has 0 unspecified atom stereocenters. The summed E-state index contributed by atoms with van der Waals surface area (Å²) in [7, 11) is 0. The Morgan fingerprint density at radius 2 is 2.35 bits per heavy atom. The van der Waals surface area contributed by atoms with E-state index in [1.165, 1.54) is 10.8 Å². The summed E-state index contributed by atoms with van der Waals surface area (Å²) in [5, 5.41) is 8.67. The summed E-state index contributed by atoms with van der Waals surface area (Å²) in [6, 6.07) is 0. The van der Waals surface area contributed by atoms with Crippen molar-refractivity contribution in [2.75, 3.05) is 6.61 Å². The summed E-state index contributed by atoms with van der Waals surface area (Å²) in [5.41, 5.74) is -0.523. The Hall–Kier alpha value is -1.11. The molecule has 2 N–H and O–H groups in total. The summed E-state index contributed by atoms with van der Waals surface area (Å²) in [6.45, 7) is 1.41. The Labute approximate surface area is 102 Å². The van der Waals surface area contributed by atoms with Gasteiger partial charge in [0.05, 0.1) is 18.1 Å². The van der Waals surface area contributed by atoms with Gasteiger partial charge in [0.15, 0.2) is 0 Å². The summed E-state index contributed by atoms with van der Waals surface area (Å²) < 4.78 is 6.74. The number of hydrogen-bond acceptors (Lipinski definition) is 4. The molecular weight excluding hydrogens is 248 g/mol. The van der Waals surface area contributed by atoms with E-state index in [0.29, 0.717) is 12.0 Å². The molecule has 0 aliphatic carbocycles. The summed E-state index contributed by atoms with van der Waals surface area (Å²) in [6.07, 6.45) is 0.825. The monoisotopic (exact) mass is 260 g/mol. The third-order valence-corrected chi connectivity index (χ3v) is 3.26. The minimum absolute atomic E-state index is 0.193. The molecule has 94 valence electrons. The molecule has 3 atom stereocenters. The zero-order valence-corrected chi connectivity index (χ0v) is 9.98.